The fourth-order valence-corrected chi connectivity index (χ4v) is 2.11. The number of thioether (sulfide) groups is 1. The van der Waals surface area contributed by atoms with E-state index in [0.717, 1.165) is 12.3 Å². The number of nitrogens with two attached hydrogens (primary N) is 1. The van der Waals surface area contributed by atoms with E-state index in [2.05, 4.69) is 4.98 Å². The molecule has 0 bridgehead atoms. The van der Waals surface area contributed by atoms with E-state index in [1.54, 1.807) is 0 Å². The Labute approximate surface area is 108 Å². The van der Waals surface area contributed by atoms with E-state index in [-0.39, 0.29) is 6.10 Å². The number of alkyl halides is 3. The summed E-state index contributed by atoms with van der Waals surface area (Å²) in [6.45, 7) is 2.80. The van der Waals surface area contributed by atoms with E-state index in [9.17, 15) is 13.2 Å². The maximum absolute atomic E-state index is 12.3. The van der Waals surface area contributed by atoms with Gasteiger partial charge < -0.3 is 10.5 Å². The summed E-state index contributed by atoms with van der Waals surface area (Å²) in [6.07, 6.45) is -3.62. The Bertz CT molecular complexity index is 356. The van der Waals surface area contributed by atoms with E-state index >= 15 is 0 Å². The molecule has 0 fully saturated rings. The molecule has 1 atom stereocenters. The fourth-order valence-electron chi connectivity index (χ4n) is 1.23. The van der Waals surface area contributed by atoms with Gasteiger partial charge in [-0.1, -0.05) is 0 Å². The van der Waals surface area contributed by atoms with Gasteiger partial charge in [-0.25, -0.2) is 4.98 Å². The van der Waals surface area contributed by atoms with Gasteiger partial charge in [0.15, 0.2) is 0 Å². The molecule has 0 saturated heterocycles. The number of halogens is 3. The van der Waals surface area contributed by atoms with Crippen molar-refractivity contribution in [2.45, 2.75) is 24.2 Å². The summed E-state index contributed by atoms with van der Waals surface area (Å²) in [7, 11) is 0. The van der Waals surface area contributed by atoms with Crippen LogP contribution in [-0.4, -0.2) is 30.0 Å². The molecule has 1 aromatic rings. The van der Waals surface area contributed by atoms with Crippen molar-refractivity contribution in [2.24, 2.45) is 5.73 Å². The maximum Gasteiger partial charge on any atom is 0.417 e. The van der Waals surface area contributed by atoms with E-state index in [0.29, 0.717) is 23.9 Å². The molecule has 1 rings (SSSR count). The molecular formula is C11H15F3N2OS. The van der Waals surface area contributed by atoms with Gasteiger partial charge in [0.2, 0.25) is 0 Å². The summed E-state index contributed by atoms with van der Waals surface area (Å²) >= 11 is 1.33. The van der Waals surface area contributed by atoms with Gasteiger partial charge in [0.1, 0.15) is 0 Å². The lowest BCUT2D eigenvalue weighted by atomic mass is 10.3. The highest BCUT2D eigenvalue weighted by atomic mass is 32.2. The number of ether oxygens (including phenoxy) is 1. The molecule has 2 N–H and O–H groups in total. The van der Waals surface area contributed by atoms with Crippen molar-refractivity contribution in [3.05, 3.63) is 23.9 Å². The second-order valence-electron chi connectivity index (χ2n) is 3.51. The smallest absolute Gasteiger partial charge is 0.376 e. The number of pyridine rings is 1. The first-order valence-electron chi connectivity index (χ1n) is 5.45. The van der Waals surface area contributed by atoms with Crippen molar-refractivity contribution >= 4 is 11.8 Å². The topological polar surface area (TPSA) is 48.1 Å². The molecule has 0 aliphatic heterocycles. The van der Waals surface area contributed by atoms with Gasteiger partial charge in [0.05, 0.1) is 16.7 Å². The van der Waals surface area contributed by atoms with Crippen LogP contribution < -0.4 is 5.73 Å². The summed E-state index contributed by atoms with van der Waals surface area (Å²) in [5.41, 5.74) is 4.75. The minimum atomic E-state index is -4.35. The van der Waals surface area contributed by atoms with Crippen molar-refractivity contribution in [3.8, 4) is 0 Å². The molecule has 0 amide bonds. The normalized spacial score (nSPS) is 13.6. The number of aromatic nitrogens is 1. The predicted molar refractivity (Wildman–Crippen MR) is 64.4 cm³/mol. The molecule has 1 aromatic heterocycles. The van der Waals surface area contributed by atoms with Crippen LogP contribution in [0.1, 0.15) is 12.5 Å². The molecule has 102 valence electrons. The summed E-state index contributed by atoms with van der Waals surface area (Å²) in [5, 5.41) is 0.529. The fraction of sp³-hybridized carbons (Fsp3) is 0.545. The minimum absolute atomic E-state index is 0.107. The van der Waals surface area contributed by atoms with E-state index < -0.39 is 11.7 Å². The monoisotopic (exact) mass is 280 g/mol. The van der Waals surface area contributed by atoms with Crippen molar-refractivity contribution in [2.75, 3.05) is 18.9 Å². The Morgan fingerprint density at radius 2 is 2.17 bits per heavy atom. The molecule has 0 spiro atoms. The molecule has 1 unspecified atom stereocenters. The molecule has 0 saturated carbocycles. The first-order valence-corrected chi connectivity index (χ1v) is 6.43. The van der Waals surface area contributed by atoms with Crippen LogP contribution in [-0.2, 0) is 10.9 Å². The SMILES string of the molecule is CCOC(CN)CSc1ccc(C(F)(F)F)cn1. The average molecular weight is 280 g/mol. The van der Waals surface area contributed by atoms with Gasteiger partial charge in [-0.3, -0.25) is 0 Å². The summed E-state index contributed by atoms with van der Waals surface area (Å²) in [4.78, 5) is 3.76. The molecule has 7 heteroatoms. The molecular weight excluding hydrogens is 265 g/mol. The maximum atomic E-state index is 12.3. The van der Waals surface area contributed by atoms with E-state index in [4.69, 9.17) is 10.5 Å². The second kappa shape index (κ2) is 6.96. The highest BCUT2D eigenvalue weighted by Gasteiger charge is 2.30. The van der Waals surface area contributed by atoms with Crippen LogP contribution in [0.15, 0.2) is 23.4 Å². The van der Waals surface area contributed by atoms with E-state index in [1.807, 2.05) is 6.92 Å². The van der Waals surface area contributed by atoms with Crippen LogP contribution in [0, 0.1) is 0 Å². The highest BCUT2D eigenvalue weighted by molar-refractivity contribution is 7.99. The van der Waals surface area contributed by atoms with Crippen LogP contribution in [0.4, 0.5) is 13.2 Å². The third kappa shape index (κ3) is 4.83. The van der Waals surface area contributed by atoms with Crippen LogP contribution in [0.3, 0.4) is 0 Å². The largest absolute Gasteiger partial charge is 0.417 e. The van der Waals surface area contributed by atoms with Crippen molar-refractivity contribution < 1.29 is 17.9 Å². The molecule has 0 aliphatic rings. The van der Waals surface area contributed by atoms with Gasteiger partial charge in [-0.05, 0) is 19.1 Å². The zero-order chi connectivity index (χ0) is 13.6. The van der Waals surface area contributed by atoms with Gasteiger partial charge >= 0.3 is 6.18 Å². The van der Waals surface area contributed by atoms with Crippen LogP contribution >= 0.6 is 11.8 Å². The highest BCUT2D eigenvalue weighted by Crippen LogP contribution is 2.29. The second-order valence-corrected chi connectivity index (χ2v) is 4.55. The van der Waals surface area contributed by atoms with Crippen molar-refractivity contribution in [1.82, 2.24) is 4.98 Å². The standard InChI is InChI=1S/C11H15F3N2OS/c1-2-17-9(5-15)7-18-10-4-3-8(6-16-10)11(12,13)14/h3-4,6,9H,2,5,7,15H2,1H3. The van der Waals surface area contributed by atoms with Gasteiger partial charge in [0.25, 0.3) is 0 Å². The molecule has 0 radical (unpaired) electrons. The third-order valence-corrected chi connectivity index (χ3v) is 3.22. The predicted octanol–water partition coefficient (Wildman–Crippen LogP) is 2.56. The minimum Gasteiger partial charge on any atom is -0.376 e. The Morgan fingerprint density at radius 3 is 2.61 bits per heavy atom. The Kier molecular flexibility index (Phi) is 5.90. The van der Waals surface area contributed by atoms with Crippen LogP contribution in [0.5, 0.6) is 0 Å². The number of hydrogen-bond donors (Lipinski definition) is 1. The lowest BCUT2D eigenvalue weighted by Crippen LogP contribution is -2.26. The lowest BCUT2D eigenvalue weighted by molar-refractivity contribution is -0.137. The number of nitrogens with zero attached hydrogens (tertiary/aromatic N) is 1. The first kappa shape index (κ1) is 15.3. The van der Waals surface area contributed by atoms with E-state index in [1.165, 1.54) is 17.8 Å². The summed E-state index contributed by atoms with van der Waals surface area (Å²) < 4.78 is 42.3. The molecule has 1 heterocycles. The van der Waals surface area contributed by atoms with Gasteiger partial charge in [0, 0.05) is 25.1 Å². The Hall–Kier alpha value is -0.790. The zero-order valence-electron chi connectivity index (χ0n) is 9.91. The number of hydrogen-bond acceptors (Lipinski definition) is 4. The number of rotatable bonds is 6. The van der Waals surface area contributed by atoms with Crippen molar-refractivity contribution in [1.29, 1.82) is 0 Å². The van der Waals surface area contributed by atoms with Gasteiger partial charge in [-0.15, -0.1) is 11.8 Å². The molecule has 3 nitrogen and oxygen atoms in total. The zero-order valence-corrected chi connectivity index (χ0v) is 10.7. The summed E-state index contributed by atoms with van der Waals surface area (Å²) in [5.74, 6) is 0.572. The third-order valence-electron chi connectivity index (χ3n) is 2.15. The van der Waals surface area contributed by atoms with Gasteiger partial charge in [-0.2, -0.15) is 13.2 Å². The Balaban J connectivity index is 2.53. The summed E-state index contributed by atoms with van der Waals surface area (Å²) in [6, 6.07) is 2.38. The van der Waals surface area contributed by atoms with Crippen LogP contribution in [0.25, 0.3) is 0 Å². The lowest BCUT2D eigenvalue weighted by Gasteiger charge is -2.14. The molecule has 0 aromatic carbocycles. The quantitative estimate of drug-likeness (QED) is 0.814. The van der Waals surface area contributed by atoms with Crippen LogP contribution in [0.2, 0.25) is 0 Å². The Morgan fingerprint density at radius 1 is 1.44 bits per heavy atom. The first-order chi connectivity index (χ1) is 8.47. The van der Waals surface area contributed by atoms with Crippen molar-refractivity contribution in [3.63, 3.8) is 0 Å². The molecule has 18 heavy (non-hydrogen) atoms. The molecule has 0 aliphatic carbocycles. The average Bonchev–Trinajstić information content (AvgIpc) is 2.34.